The Bertz CT molecular complexity index is 695. The zero-order valence-electron chi connectivity index (χ0n) is 13.1. The van der Waals surface area contributed by atoms with E-state index in [1.54, 1.807) is 7.11 Å². The van der Waals surface area contributed by atoms with E-state index in [2.05, 4.69) is 10.6 Å². The van der Waals surface area contributed by atoms with Crippen LogP contribution in [0, 0.1) is 11.6 Å². The highest BCUT2D eigenvalue weighted by Crippen LogP contribution is 2.16. The van der Waals surface area contributed by atoms with Gasteiger partial charge in [-0.25, -0.2) is 13.6 Å². The summed E-state index contributed by atoms with van der Waals surface area (Å²) in [5.74, 6) is -1.02. The second-order valence-electron chi connectivity index (χ2n) is 4.85. The van der Waals surface area contributed by atoms with E-state index in [4.69, 9.17) is 9.47 Å². The number of nitrogens with one attached hydrogen (secondary N) is 2. The van der Waals surface area contributed by atoms with Gasteiger partial charge >= 0.3 is 6.03 Å². The maximum absolute atomic E-state index is 13.0. The largest absolute Gasteiger partial charge is 0.496 e. The van der Waals surface area contributed by atoms with Crippen molar-refractivity contribution in [3.05, 3.63) is 59.7 Å². The van der Waals surface area contributed by atoms with Gasteiger partial charge in [0.1, 0.15) is 18.1 Å². The molecule has 0 aromatic heterocycles. The first-order valence-electron chi connectivity index (χ1n) is 7.31. The van der Waals surface area contributed by atoms with Gasteiger partial charge in [0.05, 0.1) is 13.7 Å². The van der Waals surface area contributed by atoms with Crippen molar-refractivity contribution in [1.29, 1.82) is 0 Å². The van der Waals surface area contributed by atoms with Crippen LogP contribution in [0.5, 0.6) is 11.5 Å². The van der Waals surface area contributed by atoms with Crippen LogP contribution in [0.4, 0.5) is 13.6 Å². The fourth-order valence-corrected chi connectivity index (χ4v) is 1.99. The van der Waals surface area contributed by atoms with E-state index in [0.717, 1.165) is 17.7 Å². The van der Waals surface area contributed by atoms with Gasteiger partial charge in [0.2, 0.25) is 0 Å². The van der Waals surface area contributed by atoms with E-state index < -0.39 is 11.6 Å². The predicted molar refractivity (Wildman–Crippen MR) is 85.1 cm³/mol. The molecular weight excluding hydrogens is 318 g/mol. The number of benzene rings is 2. The van der Waals surface area contributed by atoms with Crippen LogP contribution in [0.2, 0.25) is 0 Å². The minimum Gasteiger partial charge on any atom is -0.496 e. The summed E-state index contributed by atoms with van der Waals surface area (Å²) in [5.41, 5.74) is 0.855. The molecule has 0 saturated heterocycles. The third-order valence-electron chi connectivity index (χ3n) is 3.18. The van der Waals surface area contributed by atoms with Gasteiger partial charge in [-0.05, 0) is 18.2 Å². The topological polar surface area (TPSA) is 59.6 Å². The van der Waals surface area contributed by atoms with Crippen LogP contribution in [0.3, 0.4) is 0 Å². The van der Waals surface area contributed by atoms with Crippen LogP contribution in [-0.4, -0.2) is 26.3 Å². The van der Waals surface area contributed by atoms with E-state index in [9.17, 15) is 13.6 Å². The minimum atomic E-state index is -0.977. The zero-order chi connectivity index (χ0) is 17.4. The lowest BCUT2D eigenvalue weighted by atomic mass is 10.2. The Kier molecular flexibility index (Phi) is 6.36. The van der Waals surface area contributed by atoms with Crippen molar-refractivity contribution >= 4 is 6.03 Å². The Morgan fingerprint density at radius 1 is 1.08 bits per heavy atom. The molecule has 2 aromatic rings. The quantitative estimate of drug-likeness (QED) is 0.765. The van der Waals surface area contributed by atoms with Gasteiger partial charge in [-0.2, -0.15) is 0 Å². The first kappa shape index (κ1) is 17.5. The van der Waals surface area contributed by atoms with Gasteiger partial charge in [0.15, 0.2) is 11.6 Å². The summed E-state index contributed by atoms with van der Waals surface area (Å²) in [6, 6.07) is 10.3. The molecule has 0 atom stereocenters. The molecule has 7 heteroatoms. The number of methoxy groups -OCH3 is 1. The van der Waals surface area contributed by atoms with Crippen molar-refractivity contribution in [2.75, 3.05) is 20.3 Å². The van der Waals surface area contributed by atoms with E-state index in [-0.39, 0.29) is 24.9 Å². The Morgan fingerprint density at radius 3 is 2.62 bits per heavy atom. The van der Waals surface area contributed by atoms with E-state index in [1.807, 2.05) is 24.3 Å². The number of para-hydroxylation sites is 1. The van der Waals surface area contributed by atoms with E-state index >= 15 is 0 Å². The van der Waals surface area contributed by atoms with Gasteiger partial charge in [0, 0.05) is 18.2 Å². The smallest absolute Gasteiger partial charge is 0.315 e. The second kappa shape index (κ2) is 8.71. The summed E-state index contributed by atoms with van der Waals surface area (Å²) in [6.45, 7) is 0.670. The Labute approximate surface area is 138 Å². The lowest BCUT2D eigenvalue weighted by Crippen LogP contribution is -2.37. The SMILES string of the molecule is COc1ccccc1CNC(=O)NCCOc1ccc(F)c(F)c1. The first-order valence-corrected chi connectivity index (χ1v) is 7.31. The molecule has 0 aliphatic carbocycles. The molecule has 0 heterocycles. The maximum atomic E-state index is 13.0. The molecule has 0 saturated carbocycles. The monoisotopic (exact) mass is 336 g/mol. The van der Waals surface area contributed by atoms with Gasteiger partial charge < -0.3 is 20.1 Å². The number of rotatable bonds is 7. The lowest BCUT2D eigenvalue weighted by Gasteiger charge is -2.11. The molecule has 24 heavy (non-hydrogen) atoms. The molecule has 2 amide bonds. The number of carbonyl (C=O) groups excluding carboxylic acids is 1. The van der Waals surface area contributed by atoms with Crippen LogP contribution >= 0.6 is 0 Å². The Morgan fingerprint density at radius 2 is 1.88 bits per heavy atom. The summed E-state index contributed by atoms with van der Waals surface area (Å²) in [7, 11) is 1.56. The normalized spacial score (nSPS) is 10.1. The zero-order valence-corrected chi connectivity index (χ0v) is 13.1. The third-order valence-corrected chi connectivity index (χ3v) is 3.18. The highest BCUT2D eigenvalue weighted by atomic mass is 19.2. The predicted octanol–water partition coefficient (Wildman–Crippen LogP) is 2.85. The second-order valence-corrected chi connectivity index (χ2v) is 4.85. The number of hydrogen-bond acceptors (Lipinski definition) is 3. The molecule has 0 fully saturated rings. The van der Waals surface area contributed by atoms with Crippen LogP contribution in [0.1, 0.15) is 5.56 Å². The molecule has 0 bridgehead atoms. The van der Waals surface area contributed by atoms with Crippen LogP contribution in [0.25, 0.3) is 0 Å². The molecule has 5 nitrogen and oxygen atoms in total. The number of hydrogen-bond donors (Lipinski definition) is 2. The van der Waals surface area contributed by atoms with Gasteiger partial charge in [0.25, 0.3) is 0 Å². The third kappa shape index (κ3) is 5.12. The standard InChI is InChI=1S/C17H18F2N2O3/c1-23-16-5-3-2-4-12(16)11-21-17(22)20-8-9-24-13-6-7-14(18)15(19)10-13/h2-7,10H,8-9,11H2,1H3,(H2,20,21,22). The average Bonchev–Trinajstić information content (AvgIpc) is 2.60. The highest BCUT2D eigenvalue weighted by Gasteiger charge is 2.05. The van der Waals surface area contributed by atoms with Crippen molar-refractivity contribution in [3.8, 4) is 11.5 Å². The molecular formula is C17H18F2N2O3. The van der Waals surface area contributed by atoms with Crippen LogP contribution in [-0.2, 0) is 6.54 Å². The molecule has 2 aromatic carbocycles. The molecule has 128 valence electrons. The fraction of sp³-hybridized carbons (Fsp3) is 0.235. The molecule has 2 N–H and O–H groups in total. The summed E-state index contributed by atoms with van der Waals surface area (Å²) in [6.07, 6.45) is 0. The van der Waals surface area contributed by atoms with E-state index in [0.29, 0.717) is 12.3 Å². The minimum absolute atomic E-state index is 0.132. The summed E-state index contributed by atoms with van der Waals surface area (Å²) in [5, 5.41) is 5.30. The maximum Gasteiger partial charge on any atom is 0.315 e. The number of carbonyl (C=O) groups is 1. The lowest BCUT2D eigenvalue weighted by molar-refractivity contribution is 0.236. The summed E-state index contributed by atoms with van der Waals surface area (Å²) >= 11 is 0. The van der Waals surface area contributed by atoms with Crippen LogP contribution in [0.15, 0.2) is 42.5 Å². The molecule has 0 spiro atoms. The number of halogens is 2. The van der Waals surface area contributed by atoms with Crippen molar-refractivity contribution in [2.45, 2.75) is 6.54 Å². The number of amides is 2. The van der Waals surface area contributed by atoms with Gasteiger partial charge in [-0.1, -0.05) is 18.2 Å². The molecule has 0 unspecified atom stereocenters. The molecule has 0 aliphatic rings. The molecule has 0 aliphatic heterocycles. The van der Waals surface area contributed by atoms with Crippen molar-refractivity contribution in [2.24, 2.45) is 0 Å². The van der Waals surface area contributed by atoms with Gasteiger partial charge in [-0.3, -0.25) is 0 Å². The number of urea groups is 1. The Hall–Kier alpha value is -2.83. The first-order chi connectivity index (χ1) is 11.6. The molecule has 2 rings (SSSR count). The van der Waals surface area contributed by atoms with Crippen molar-refractivity contribution < 1.29 is 23.0 Å². The summed E-state index contributed by atoms with van der Waals surface area (Å²) < 4.78 is 36.2. The van der Waals surface area contributed by atoms with Crippen molar-refractivity contribution in [3.63, 3.8) is 0 Å². The van der Waals surface area contributed by atoms with Gasteiger partial charge in [-0.15, -0.1) is 0 Å². The Balaban J connectivity index is 1.69. The average molecular weight is 336 g/mol. The molecule has 0 radical (unpaired) electrons. The highest BCUT2D eigenvalue weighted by molar-refractivity contribution is 5.73. The van der Waals surface area contributed by atoms with E-state index in [1.165, 1.54) is 6.07 Å². The van der Waals surface area contributed by atoms with Crippen LogP contribution < -0.4 is 20.1 Å². The fourth-order valence-electron chi connectivity index (χ4n) is 1.99. The summed E-state index contributed by atoms with van der Waals surface area (Å²) in [4.78, 5) is 11.7. The van der Waals surface area contributed by atoms with Crippen molar-refractivity contribution in [1.82, 2.24) is 10.6 Å². The number of ether oxygens (including phenoxy) is 2.